The van der Waals surface area contributed by atoms with Crippen molar-refractivity contribution in [2.24, 2.45) is 0 Å². The average molecular weight is 492 g/mol. The highest BCUT2D eigenvalue weighted by Gasteiger charge is 2.40. The molecular weight excluding hydrogens is 481 g/mol. The van der Waals surface area contributed by atoms with E-state index < -0.39 is 33.5 Å². The summed E-state index contributed by atoms with van der Waals surface area (Å²) in [6.45, 7) is 1.49. The standard InChI is InChI=1S/C16H11F2IN2O4S/c1-2-21-16(23)10-4-3-8(5-13(10)26(21,24)25)15(22)20-9-6-11(17)14(19)12(18)7-9/h3-7H,2H2,1H3,(H,20,22). The highest BCUT2D eigenvalue weighted by Crippen LogP contribution is 2.31. The summed E-state index contributed by atoms with van der Waals surface area (Å²) in [5.41, 5.74) is -0.188. The number of hydrogen-bond acceptors (Lipinski definition) is 4. The van der Waals surface area contributed by atoms with Gasteiger partial charge in [-0.05, 0) is 59.8 Å². The number of hydrogen-bond donors (Lipinski definition) is 1. The Balaban J connectivity index is 1.95. The van der Waals surface area contributed by atoms with E-state index in [2.05, 4.69) is 5.32 Å². The van der Waals surface area contributed by atoms with Crippen LogP contribution in [0.3, 0.4) is 0 Å². The van der Waals surface area contributed by atoms with Gasteiger partial charge in [-0.3, -0.25) is 9.59 Å². The van der Waals surface area contributed by atoms with Crippen LogP contribution in [0, 0.1) is 15.2 Å². The van der Waals surface area contributed by atoms with Crippen molar-refractivity contribution in [3.05, 3.63) is 56.7 Å². The number of sulfonamides is 1. The second-order valence-corrected chi connectivity index (χ2v) is 8.30. The first kappa shape index (κ1) is 18.7. The monoisotopic (exact) mass is 492 g/mol. The van der Waals surface area contributed by atoms with Gasteiger partial charge in [0, 0.05) is 17.8 Å². The molecule has 0 bridgehead atoms. The Labute approximate surface area is 161 Å². The molecule has 0 spiro atoms. The lowest BCUT2D eigenvalue weighted by atomic mass is 10.1. The molecule has 2 aromatic rings. The summed E-state index contributed by atoms with van der Waals surface area (Å²) in [7, 11) is -4.01. The third-order valence-corrected chi connectivity index (χ3v) is 6.73. The van der Waals surface area contributed by atoms with Crippen LogP contribution in [-0.2, 0) is 10.0 Å². The summed E-state index contributed by atoms with van der Waals surface area (Å²) >= 11 is 1.50. The molecule has 1 N–H and O–H groups in total. The number of anilines is 1. The van der Waals surface area contributed by atoms with Gasteiger partial charge in [0.1, 0.15) is 16.5 Å². The number of benzene rings is 2. The fourth-order valence-electron chi connectivity index (χ4n) is 2.56. The van der Waals surface area contributed by atoms with Gasteiger partial charge >= 0.3 is 0 Å². The van der Waals surface area contributed by atoms with E-state index in [0.29, 0.717) is 4.31 Å². The molecule has 0 radical (unpaired) electrons. The van der Waals surface area contributed by atoms with E-state index >= 15 is 0 Å². The van der Waals surface area contributed by atoms with Crippen molar-refractivity contribution in [1.29, 1.82) is 0 Å². The average Bonchev–Trinajstić information content (AvgIpc) is 2.78. The Bertz CT molecular complexity index is 1030. The molecule has 0 saturated heterocycles. The zero-order chi connectivity index (χ0) is 19.2. The molecule has 26 heavy (non-hydrogen) atoms. The Morgan fingerprint density at radius 3 is 2.38 bits per heavy atom. The first-order valence-corrected chi connectivity index (χ1v) is 9.85. The third kappa shape index (κ3) is 2.96. The molecule has 0 aliphatic carbocycles. The van der Waals surface area contributed by atoms with Crippen molar-refractivity contribution in [2.75, 3.05) is 11.9 Å². The van der Waals surface area contributed by atoms with Crippen LogP contribution in [0.15, 0.2) is 35.2 Å². The van der Waals surface area contributed by atoms with Crippen LogP contribution in [0.5, 0.6) is 0 Å². The van der Waals surface area contributed by atoms with Gasteiger partial charge in [0.05, 0.1) is 9.13 Å². The first-order valence-electron chi connectivity index (χ1n) is 7.33. The maximum absolute atomic E-state index is 13.6. The van der Waals surface area contributed by atoms with Gasteiger partial charge in [-0.15, -0.1) is 0 Å². The largest absolute Gasteiger partial charge is 0.322 e. The lowest BCUT2D eigenvalue weighted by Crippen LogP contribution is -2.29. The summed E-state index contributed by atoms with van der Waals surface area (Å²) < 4.78 is 52.4. The number of carbonyl (C=O) groups is 2. The highest BCUT2D eigenvalue weighted by molar-refractivity contribution is 14.1. The van der Waals surface area contributed by atoms with E-state index in [1.807, 2.05) is 0 Å². The van der Waals surface area contributed by atoms with E-state index in [4.69, 9.17) is 0 Å². The fraction of sp³-hybridized carbons (Fsp3) is 0.125. The van der Waals surface area contributed by atoms with Gasteiger partial charge < -0.3 is 5.32 Å². The topological polar surface area (TPSA) is 83.6 Å². The van der Waals surface area contributed by atoms with Crippen LogP contribution in [0.1, 0.15) is 27.6 Å². The minimum absolute atomic E-state index is 0.0187. The molecule has 0 saturated carbocycles. The SMILES string of the molecule is CCN1C(=O)c2ccc(C(=O)Nc3cc(F)c(I)c(F)c3)cc2S1(=O)=O. The number of nitrogens with one attached hydrogen (secondary N) is 1. The number of fused-ring (bicyclic) bond motifs is 1. The fourth-order valence-corrected chi connectivity index (χ4v) is 4.47. The Kier molecular flexibility index (Phi) is 4.73. The van der Waals surface area contributed by atoms with Gasteiger partial charge in [0.25, 0.3) is 21.8 Å². The maximum Gasteiger partial charge on any atom is 0.268 e. The molecule has 3 rings (SSSR count). The molecule has 0 atom stereocenters. The quantitative estimate of drug-likeness (QED) is 0.528. The third-order valence-electron chi connectivity index (χ3n) is 3.80. The van der Waals surface area contributed by atoms with Gasteiger partial charge in [-0.2, -0.15) is 0 Å². The smallest absolute Gasteiger partial charge is 0.268 e. The maximum atomic E-state index is 13.6. The predicted molar refractivity (Wildman–Crippen MR) is 97.4 cm³/mol. The predicted octanol–water partition coefficient (Wildman–Crippen LogP) is 2.99. The van der Waals surface area contributed by atoms with Crippen molar-refractivity contribution in [1.82, 2.24) is 4.31 Å². The van der Waals surface area contributed by atoms with Gasteiger partial charge in [-0.1, -0.05) is 0 Å². The highest BCUT2D eigenvalue weighted by atomic mass is 127. The lowest BCUT2D eigenvalue weighted by molar-refractivity contribution is 0.0875. The van der Waals surface area contributed by atoms with Crippen LogP contribution in [-0.4, -0.2) is 31.1 Å². The summed E-state index contributed by atoms with van der Waals surface area (Å²) in [6.07, 6.45) is 0. The van der Waals surface area contributed by atoms with Crippen molar-refractivity contribution >= 4 is 50.1 Å². The number of nitrogens with zero attached hydrogens (tertiary/aromatic N) is 1. The molecule has 0 aromatic heterocycles. The molecule has 0 unspecified atom stereocenters. The van der Waals surface area contributed by atoms with Crippen LogP contribution < -0.4 is 5.32 Å². The molecule has 1 aliphatic heterocycles. The Morgan fingerprint density at radius 2 is 1.81 bits per heavy atom. The van der Waals surface area contributed by atoms with Crippen molar-refractivity contribution in [3.8, 4) is 0 Å². The molecule has 6 nitrogen and oxygen atoms in total. The van der Waals surface area contributed by atoms with Crippen molar-refractivity contribution < 1.29 is 26.8 Å². The summed E-state index contributed by atoms with van der Waals surface area (Å²) in [5.74, 6) is -3.08. The van der Waals surface area contributed by atoms with E-state index in [9.17, 15) is 26.8 Å². The Hall–Kier alpha value is -2.08. The zero-order valence-electron chi connectivity index (χ0n) is 13.2. The normalized spacial score (nSPS) is 15.1. The van der Waals surface area contributed by atoms with Crippen LogP contribution in [0.4, 0.5) is 14.5 Å². The molecule has 1 heterocycles. The van der Waals surface area contributed by atoms with Crippen LogP contribution in [0.2, 0.25) is 0 Å². The van der Waals surface area contributed by atoms with Crippen molar-refractivity contribution in [2.45, 2.75) is 11.8 Å². The van der Waals surface area contributed by atoms with E-state index in [1.165, 1.54) is 41.6 Å². The van der Waals surface area contributed by atoms with Crippen LogP contribution >= 0.6 is 22.6 Å². The molecule has 0 fully saturated rings. The molecule has 10 heteroatoms. The Morgan fingerprint density at radius 1 is 1.19 bits per heavy atom. The van der Waals surface area contributed by atoms with Crippen molar-refractivity contribution in [3.63, 3.8) is 0 Å². The number of carbonyl (C=O) groups excluding carboxylic acids is 2. The lowest BCUT2D eigenvalue weighted by Gasteiger charge is -2.11. The van der Waals surface area contributed by atoms with E-state index in [0.717, 1.165) is 18.2 Å². The summed E-state index contributed by atoms with van der Waals surface area (Å²) in [5, 5.41) is 2.31. The summed E-state index contributed by atoms with van der Waals surface area (Å²) in [6, 6.07) is 5.51. The second-order valence-electron chi connectivity index (χ2n) is 5.39. The molecule has 2 amide bonds. The molecule has 2 aromatic carbocycles. The molecule has 1 aliphatic rings. The van der Waals surface area contributed by atoms with Gasteiger partial charge in [0.15, 0.2) is 0 Å². The molecule has 136 valence electrons. The number of amides is 2. The zero-order valence-corrected chi connectivity index (χ0v) is 16.2. The van der Waals surface area contributed by atoms with Gasteiger partial charge in [-0.25, -0.2) is 21.5 Å². The number of halogens is 3. The van der Waals surface area contributed by atoms with E-state index in [-0.39, 0.29) is 31.8 Å². The summed E-state index contributed by atoms with van der Waals surface area (Å²) in [4.78, 5) is 24.1. The number of rotatable bonds is 3. The van der Waals surface area contributed by atoms with Crippen LogP contribution in [0.25, 0.3) is 0 Å². The molecular formula is C16H11F2IN2O4S. The van der Waals surface area contributed by atoms with Gasteiger partial charge in [0.2, 0.25) is 0 Å². The second kappa shape index (κ2) is 6.58. The minimum Gasteiger partial charge on any atom is -0.322 e. The first-order chi connectivity index (χ1) is 12.2. The minimum atomic E-state index is -4.01. The van der Waals surface area contributed by atoms with E-state index in [1.54, 1.807) is 0 Å².